The van der Waals surface area contributed by atoms with E-state index in [0.29, 0.717) is 27.2 Å². The molecule has 192 valence electrons. The van der Waals surface area contributed by atoms with Gasteiger partial charge in [-0.1, -0.05) is 52.5 Å². The summed E-state index contributed by atoms with van der Waals surface area (Å²) in [7, 11) is -3.71. The van der Waals surface area contributed by atoms with Crippen LogP contribution in [0.4, 0.5) is 5.69 Å². The number of rotatable bonds is 11. The predicted molar refractivity (Wildman–Crippen MR) is 143 cm³/mol. The maximum Gasteiger partial charge on any atom is 0.242 e. The van der Waals surface area contributed by atoms with Crippen molar-refractivity contribution in [2.24, 2.45) is 0 Å². The lowest BCUT2D eigenvalue weighted by Crippen LogP contribution is -2.47. The molecule has 1 N–H and O–H groups in total. The first kappa shape index (κ1) is 29.5. The van der Waals surface area contributed by atoms with Crippen LogP contribution in [0.3, 0.4) is 0 Å². The van der Waals surface area contributed by atoms with Crippen LogP contribution in [0.15, 0.2) is 36.4 Å². The molecule has 0 aromatic heterocycles. The number of nitrogens with one attached hydrogen (secondary N) is 1. The van der Waals surface area contributed by atoms with Crippen molar-refractivity contribution >= 4 is 73.9 Å². The van der Waals surface area contributed by atoms with E-state index in [1.54, 1.807) is 38.1 Å². The van der Waals surface area contributed by atoms with Crippen LogP contribution in [-0.2, 0) is 26.2 Å². The van der Waals surface area contributed by atoms with Crippen molar-refractivity contribution in [3.05, 3.63) is 62.1 Å². The third-order valence-electron chi connectivity index (χ3n) is 5.24. The van der Waals surface area contributed by atoms with E-state index in [2.05, 4.69) is 5.32 Å². The molecule has 7 nitrogen and oxygen atoms in total. The molecule has 2 aromatic rings. The van der Waals surface area contributed by atoms with E-state index >= 15 is 0 Å². The Morgan fingerprint density at radius 3 is 2.23 bits per heavy atom. The van der Waals surface area contributed by atoms with Crippen molar-refractivity contribution < 1.29 is 18.0 Å². The number of hydrogen-bond donors (Lipinski definition) is 1. The molecule has 12 heteroatoms. The molecule has 2 rings (SSSR count). The van der Waals surface area contributed by atoms with Crippen molar-refractivity contribution in [3.8, 4) is 0 Å². The monoisotopic (exact) mass is 581 g/mol. The van der Waals surface area contributed by atoms with Crippen molar-refractivity contribution in [1.82, 2.24) is 10.2 Å². The maximum atomic E-state index is 13.3. The third-order valence-corrected chi connectivity index (χ3v) is 7.68. The van der Waals surface area contributed by atoms with Crippen molar-refractivity contribution in [2.45, 2.75) is 39.3 Å². The topological polar surface area (TPSA) is 86.8 Å². The van der Waals surface area contributed by atoms with Crippen LogP contribution in [0.1, 0.15) is 32.3 Å². The first-order valence-corrected chi connectivity index (χ1v) is 14.2. The van der Waals surface area contributed by atoms with Gasteiger partial charge in [-0.15, -0.1) is 0 Å². The van der Waals surface area contributed by atoms with Gasteiger partial charge in [0.05, 0.1) is 17.0 Å². The largest absolute Gasteiger partial charge is 0.355 e. The SMILES string of the molecule is CCNC(=O)[C@H](C)N(Cc1c(Cl)cccc1Cl)C(=O)CCCN(c1cc(Cl)ccc1Cl)S(C)(=O)=O. The lowest BCUT2D eigenvalue weighted by molar-refractivity contribution is -0.140. The van der Waals surface area contributed by atoms with Crippen LogP contribution in [0.2, 0.25) is 20.1 Å². The minimum Gasteiger partial charge on any atom is -0.355 e. The summed E-state index contributed by atoms with van der Waals surface area (Å²) >= 11 is 24.8. The molecule has 0 spiro atoms. The molecular formula is C23H27Cl4N3O4S. The molecule has 2 aromatic carbocycles. The molecule has 2 amide bonds. The normalized spacial score (nSPS) is 12.2. The minimum absolute atomic E-state index is 0.0130. The van der Waals surface area contributed by atoms with E-state index < -0.39 is 16.1 Å². The zero-order chi connectivity index (χ0) is 26.3. The number of anilines is 1. The number of likely N-dealkylation sites (N-methyl/N-ethyl adjacent to an activating group) is 1. The molecule has 1 atom stereocenters. The molecule has 35 heavy (non-hydrogen) atoms. The molecular weight excluding hydrogens is 556 g/mol. The summed E-state index contributed by atoms with van der Waals surface area (Å²) in [6, 6.07) is 8.71. The summed E-state index contributed by atoms with van der Waals surface area (Å²) in [5.74, 6) is -0.683. The average Bonchev–Trinajstić information content (AvgIpc) is 2.77. The van der Waals surface area contributed by atoms with Gasteiger partial charge in [0.1, 0.15) is 6.04 Å². The van der Waals surface area contributed by atoms with Crippen molar-refractivity contribution in [2.75, 3.05) is 23.7 Å². The number of carbonyl (C=O) groups is 2. The highest BCUT2D eigenvalue weighted by molar-refractivity contribution is 7.92. The molecule has 0 saturated carbocycles. The van der Waals surface area contributed by atoms with Gasteiger partial charge in [0.2, 0.25) is 21.8 Å². The number of sulfonamides is 1. The highest BCUT2D eigenvalue weighted by atomic mass is 35.5. The zero-order valence-corrected chi connectivity index (χ0v) is 23.4. The standard InChI is InChI=1S/C23H27Cl4N3O4S/c1-4-28-23(32)15(2)29(14-17-18(25)7-5-8-19(17)26)22(31)9-6-12-30(35(3,33)34)21-13-16(24)10-11-20(21)27/h5,7-8,10-11,13,15H,4,6,9,12,14H2,1-3H3,(H,28,32)/t15-/m0/s1. The average molecular weight is 583 g/mol. The van der Waals surface area contributed by atoms with E-state index in [4.69, 9.17) is 46.4 Å². The first-order valence-electron chi connectivity index (χ1n) is 10.8. The van der Waals surface area contributed by atoms with Gasteiger partial charge in [-0.3, -0.25) is 13.9 Å². The van der Waals surface area contributed by atoms with Gasteiger partial charge in [-0.05, 0) is 50.6 Å². The zero-order valence-electron chi connectivity index (χ0n) is 19.5. The fourth-order valence-corrected chi connectivity index (χ4v) is 5.34. The lowest BCUT2D eigenvalue weighted by Gasteiger charge is -2.30. The highest BCUT2D eigenvalue weighted by Crippen LogP contribution is 2.31. The Hall–Kier alpha value is -1.71. The third kappa shape index (κ3) is 8.15. The predicted octanol–water partition coefficient (Wildman–Crippen LogP) is 5.40. The quantitative estimate of drug-likeness (QED) is 0.384. The Balaban J connectivity index is 2.24. The van der Waals surface area contributed by atoms with Crippen LogP contribution in [0, 0.1) is 0 Å². The molecule has 0 fully saturated rings. The molecule has 0 aliphatic carbocycles. The number of nitrogens with zero attached hydrogens (tertiary/aromatic N) is 2. The first-order chi connectivity index (χ1) is 16.4. The van der Waals surface area contributed by atoms with Crippen LogP contribution < -0.4 is 9.62 Å². The summed E-state index contributed by atoms with van der Waals surface area (Å²) in [5.41, 5.74) is 0.744. The van der Waals surface area contributed by atoms with Crippen LogP contribution >= 0.6 is 46.4 Å². The molecule has 0 unspecified atom stereocenters. The van der Waals surface area contributed by atoms with Gasteiger partial charge >= 0.3 is 0 Å². The second kappa shape index (κ2) is 13.0. The number of benzene rings is 2. The van der Waals surface area contributed by atoms with E-state index in [-0.39, 0.29) is 48.5 Å². The summed E-state index contributed by atoms with van der Waals surface area (Å²) < 4.78 is 26.0. The van der Waals surface area contributed by atoms with Gasteiger partial charge < -0.3 is 10.2 Å². The Morgan fingerprint density at radius 1 is 1.03 bits per heavy atom. The van der Waals surface area contributed by atoms with Gasteiger partial charge in [0, 0.05) is 46.7 Å². The fourth-order valence-electron chi connectivity index (χ4n) is 3.42. The van der Waals surface area contributed by atoms with Crippen LogP contribution in [0.5, 0.6) is 0 Å². The smallest absolute Gasteiger partial charge is 0.242 e. The second-order valence-corrected chi connectivity index (χ2v) is 11.4. The van der Waals surface area contributed by atoms with E-state index in [0.717, 1.165) is 10.6 Å². The Labute approximate surface area is 226 Å². The van der Waals surface area contributed by atoms with Crippen LogP contribution in [-0.4, -0.2) is 50.5 Å². The molecule has 0 bridgehead atoms. The Morgan fingerprint density at radius 2 is 1.66 bits per heavy atom. The van der Waals surface area contributed by atoms with Crippen molar-refractivity contribution in [1.29, 1.82) is 0 Å². The summed E-state index contributed by atoms with van der Waals surface area (Å²) in [5, 5.41) is 3.99. The van der Waals surface area contributed by atoms with E-state index in [1.165, 1.54) is 17.0 Å². The summed E-state index contributed by atoms with van der Waals surface area (Å²) in [6.07, 6.45) is 1.19. The number of carbonyl (C=O) groups excluding carboxylic acids is 2. The summed E-state index contributed by atoms with van der Waals surface area (Å²) in [6.45, 7) is 3.80. The highest BCUT2D eigenvalue weighted by Gasteiger charge is 2.28. The fraction of sp³-hybridized carbons (Fsp3) is 0.391. The van der Waals surface area contributed by atoms with E-state index in [1.807, 2.05) is 0 Å². The molecule has 0 saturated heterocycles. The number of amides is 2. The Kier molecular flexibility index (Phi) is 11.0. The maximum absolute atomic E-state index is 13.3. The molecule has 0 heterocycles. The van der Waals surface area contributed by atoms with Gasteiger partial charge in [-0.25, -0.2) is 8.42 Å². The van der Waals surface area contributed by atoms with E-state index in [9.17, 15) is 18.0 Å². The second-order valence-electron chi connectivity index (χ2n) is 7.83. The van der Waals surface area contributed by atoms with Gasteiger partial charge in [0.25, 0.3) is 0 Å². The number of halogens is 4. The minimum atomic E-state index is -3.71. The lowest BCUT2D eigenvalue weighted by atomic mass is 10.1. The van der Waals surface area contributed by atoms with Gasteiger partial charge in [0.15, 0.2) is 0 Å². The van der Waals surface area contributed by atoms with Crippen LogP contribution in [0.25, 0.3) is 0 Å². The van der Waals surface area contributed by atoms with Gasteiger partial charge in [-0.2, -0.15) is 0 Å². The Bertz CT molecular complexity index is 1160. The number of hydrogen-bond acceptors (Lipinski definition) is 4. The summed E-state index contributed by atoms with van der Waals surface area (Å²) in [4.78, 5) is 27.2. The molecule has 0 radical (unpaired) electrons. The van der Waals surface area contributed by atoms with Crippen molar-refractivity contribution in [3.63, 3.8) is 0 Å². The molecule has 0 aliphatic rings. The molecule has 0 aliphatic heterocycles.